The molecule has 1 aromatic rings. The van der Waals surface area contributed by atoms with E-state index in [1.807, 2.05) is 17.5 Å². The maximum atomic E-state index is 9.82. The van der Waals surface area contributed by atoms with Crippen molar-refractivity contribution in [1.29, 1.82) is 0 Å². The molecule has 1 aromatic heterocycles. The lowest BCUT2D eigenvalue weighted by molar-refractivity contribution is -0.140. The summed E-state index contributed by atoms with van der Waals surface area (Å²) in [6.45, 7) is 3.65. The molecule has 0 amide bonds. The van der Waals surface area contributed by atoms with Gasteiger partial charge in [-0.1, -0.05) is 0 Å². The summed E-state index contributed by atoms with van der Waals surface area (Å²) in [6.07, 6.45) is 0. The van der Waals surface area contributed by atoms with Gasteiger partial charge in [0.25, 0.3) is 0 Å². The van der Waals surface area contributed by atoms with Gasteiger partial charge in [-0.25, -0.2) is 0 Å². The van der Waals surface area contributed by atoms with Crippen molar-refractivity contribution in [2.75, 3.05) is 13.7 Å². The van der Waals surface area contributed by atoms with Gasteiger partial charge in [-0.05, 0) is 24.4 Å². The smallest absolute Gasteiger partial charge is 0.302 e. The average molecular weight is 202 g/mol. The fraction of sp³-hybridized carbons (Fsp3) is 0.444. The molecule has 0 atom stereocenters. The molecule has 0 fully saturated rings. The van der Waals surface area contributed by atoms with Crippen LogP contribution in [0.25, 0.3) is 0 Å². The van der Waals surface area contributed by atoms with Crippen molar-refractivity contribution in [1.82, 2.24) is 0 Å². The molecule has 0 bridgehead atoms. The second-order valence-corrected chi connectivity index (χ2v) is 2.97. The van der Waals surface area contributed by atoms with E-state index in [9.17, 15) is 4.79 Å². The van der Waals surface area contributed by atoms with Crippen LogP contribution in [-0.4, -0.2) is 19.7 Å². The summed E-state index contributed by atoms with van der Waals surface area (Å²) in [7, 11) is 1.67. The van der Waals surface area contributed by atoms with Crippen LogP contribution >= 0.6 is 11.3 Å². The van der Waals surface area contributed by atoms with Gasteiger partial charge in [0, 0.05) is 6.92 Å². The first-order valence-electron chi connectivity index (χ1n) is 3.91. The first kappa shape index (κ1) is 12.0. The number of carbonyl (C=O) groups is 1. The van der Waals surface area contributed by atoms with Crippen LogP contribution in [0.3, 0.4) is 0 Å². The van der Waals surface area contributed by atoms with E-state index in [-0.39, 0.29) is 5.97 Å². The monoisotopic (exact) mass is 202 g/mol. The summed E-state index contributed by atoms with van der Waals surface area (Å²) in [5.74, 6) is -0.211. The van der Waals surface area contributed by atoms with E-state index in [1.165, 1.54) is 6.92 Å². The molecule has 0 spiro atoms. The summed E-state index contributed by atoms with van der Waals surface area (Å²) in [5.41, 5.74) is 0. The van der Waals surface area contributed by atoms with Crippen molar-refractivity contribution in [2.24, 2.45) is 0 Å². The van der Waals surface area contributed by atoms with Gasteiger partial charge in [0.1, 0.15) is 0 Å². The van der Waals surface area contributed by atoms with Gasteiger partial charge in [-0.2, -0.15) is 0 Å². The van der Waals surface area contributed by atoms with Gasteiger partial charge in [0.15, 0.2) is 5.06 Å². The van der Waals surface area contributed by atoms with Gasteiger partial charge in [-0.15, -0.1) is 11.3 Å². The second-order valence-electron chi connectivity index (χ2n) is 2.06. The highest BCUT2D eigenvalue weighted by molar-refractivity contribution is 7.11. The highest BCUT2D eigenvalue weighted by Gasteiger charge is 1.83. The van der Waals surface area contributed by atoms with Crippen LogP contribution in [0.5, 0.6) is 5.06 Å². The lowest BCUT2D eigenvalue weighted by Gasteiger charge is -1.89. The molecule has 4 heteroatoms. The molecule has 3 nitrogen and oxygen atoms in total. The van der Waals surface area contributed by atoms with Crippen LogP contribution in [0.15, 0.2) is 17.5 Å². The molecule has 0 aliphatic heterocycles. The number of hydrogen-bond acceptors (Lipinski definition) is 4. The summed E-state index contributed by atoms with van der Waals surface area (Å²) in [5, 5.41) is 2.96. The highest BCUT2D eigenvalue weighted by atomic mass is 32.1. The molecule has 0 aliphatic rings. The zero-order valence-electron chi connectivity index (χ0n) is 8.07. The maximum Gasteiger partial charge on any atom is 0.302 e. The molecule has 13 heavy (non-hydrogen) atoms. The van der Waals surface area contributed by atoms with Gasteiger partial charge in [0.05, 0.1) is 13.7 Å². The van der Waals surface area contributed by atoms with Crippen molar-refractivity contribution in [3.8, 4) is 5.06 Å². The van der Waals surface area contributed by atoms with Crippen molar-refractivity contribution in [3.63, 3.8) is 0 Å². The Kier molecular flexibility index (Phi) is 7.01. The van der Waals surface area contributed by atoms with Gasteiger partial charge >= 0.3 is 5.97 Å². The molecule has 0 aromatic carbocycles. The Morgan fingerprint density at radius 3 is 2.46 bits per heavy atom. The Morgan fingerprint density at radius 2 is 2.31 bits per heavy atom. The third kappa shape index (κ3) is 7.33. The van der Waals surface area contributed by atoms with Gasteiger partial charge in [-0.3, -0.25) is 4.79 Å². The Morgan fingerprint density at radius 1 is 1.62 bits per heavy atom. The van der Waals surface area contributed by atoms with E-state index in [1.54, 1.807) is 25.4 Å². The molecule has 0 saturated carbocycles. The SMILES string of the molecule is CCOC(C)=O.COc1cccs1. The van der Waals surface area contributed by atoms with Crippen molar-refractivity contribution < 1.29 is 14.3 Å². The number of thiophene rings is 1. The van der Waals surface area contributed by atoms with E-state index < -0.39 is 0 Å². The summed E-state index contributed by atoms with van der Waals surface area (Å²) < 4.78 is 9.28. The fourth-order valence-electron chi connectivity index (χ4n) is 0.583. The quantitative estimate of drug-likeness (QED) is 0.690. The average Bonchev–Trinajstić information content (AvgIpc) is 2.56. The summed E-state index contributed by atoms with van der Waals surface area (Å²) in [4.78, 5) is 9.82. The minimum atomic E-state index is -0.211. The maximum absolute atomic E-state index is 9.82. The lowest BCUT2D eigenvalue weighted by atomic mass is 10.7. The van der Waals surface area contributed by atoms with Crippen molar-refractivity contribution in [3.05, 3.63) is 17.5 Å². The van der Waals surface area contributed by atoms with E-state index in [0.717, 1.165) is 5.06 Å². The van der Waals surface area contributed by atoms with Gasteiger partial charge in [0.2, 0.25) is 0 Å². The largest absolute Gasteiger partial charge is 0.487 e. The Hall–Kier alpha value is -1.03. The Balaban J connectivity index is 0.000000226. The molecule has 0 aliphatic carbocycles. The van der Waals surface area contributed by atoms with Crippen molar-refractivity contribution >= 4 is 17.3 Å². The van der Waals surface area contributed by atoms with Crippen LogP contribution in [-0.2, 0) is 9.53 Å². The second kappa shape index (κ2) is 7.61. The summed E-state index contributed by atoms with van der Waals surface area (Å²) in [6, 6.07) is 3.90. The molecule has 1 heterocycles. The zero-order chi connectivity index (χ0) is 10.1. The molecule has 0 radical (unpaired) electrons. The molecule has 1 rings (SSSR count). The molecular weight excluding hydrogens is 188 g/mol. The van der Waals surface area contributed by atoms with Crippen LogP contribution in [0.2, 0.25) is 0 Å². The first-order chi connectivity index (χ1) is 6.20. The molecule has 0 saturated heterocycles. The van der Waals surface area contributed by atoms with Crippen LogP contribution in [0.4, 0.5) is 0 Å². The minimum Gasteiger partial charge on any atom is -0.487 e. The van der Waals surface area contributed by atoms with E-state index in [0.29, 0.717) is 6.61 Å². The third-order valence-corrected chi connectivity index (χ3v) is 1.87. The molecule has 0 unspecified atom stereocenters. The van der Waals surface area contributed by atoms with E-state index in [2.05, 4.69) is 4.74 Å². The van der Waals surface area contributed by atoms with Crippen LogP contribution in [0.1, 0.15) is 13.8 Å². The topological polar surface area (TPSA) is 35.5 Å². The lowest BCUT2D eigenvalue weighted by Crippen LogP contribution is -1.95. The third-order valence-electron chi connectivity index (χ3n) is 1.04. The van der Waals surface area contributed by atoms with Crippen molar-refractivity contribution in [2.45, 2.75) is 13.8 Å². The predicted octanol–water partition coefficient (Wildman–Crippen LogP) is 2.33. The van der Waals surface area contributed by atoms with Crippen LogP contribution in [0, 0.1) is 0 Å². The predicted molar refractivity (Wildman–Crippen MR) is 53.2 cm³/mol. The fourth-order valence-corrected chi connectivity index (χ4v) is 1.13. The Labute approximate surface area is 82.3 Å². The number of carbonyl (C=O) groups excluding carboxylic acids is 1. The highest BCUT2D eigenvalue weighted by Crippen LogP contribution is 2.16. The summed E-state index contributed by atoms with van der Waals surface area (Å²) >= 11 is 1.60. The minimum absolute atomic E-state index is 0.211. The first-order valence-corrected chi connectivity index (χ1v) is 4.79. The number of methoxy groups -OCH3 is 1. The standard InChI is InChI=1S/C5H6OS.C4H8O2/c1-6-5-3-2-4-7-5;1-3-6-4(2)5/h2-4H,1H3;3H2,1-2H3. The van der Waals surface area contributed by atoms with Gasteiger partial charge < -0.3 is 9.47 Å². The number of esters is 1. The van der Waals surface area contributed by atoms with Crippen LogP contribution < -0.4 is 4.74 Å². The molecular formula is C9H14O3S. The number of rotatable bonds is 2. The number of ether oxygens (including phenoxy) is 2. The Bertz CT molecular complexity index is 219. The zero-order valence-corrected chi connectivity index (χ0v) is 8.89. The normalized spacial score (nSPS) is 8.23. The molecule has 0 N–H and O–H groups in total. The van der Waals surface area contributed by atoms with E-state index in [4.69, 9.17) is 4.74 Å². The molecule has 74 valence electrons. The van der Waals surface area contributed by atoms with E-state index >= 15 is 0 Å². The number of hydrogen-bond donors (Lipinski definition) is 0.